The Hall–Kier alpha value is -5.44. The molecule has 0 aliphatic carbocycles. The molecule has 4 aromatic carbocycles. The Kier molecular flexibility index (Phi) is 13.0. The molecule has 0 spiro atoms. The number of carbonyl (C=O) groups excluding carboxylic acids is 4. The van der Waals surface area contributed by atoms with Gasteiger partial charge < -0.3 is 43.7 Å². The lowest BCUT2D eigenvalue weighted by Gasteiger charge is -2.33. The lowest BCUT2D eigenvalue weighted by molar-refractivity contribution is -0.175. The monoisotopic (exact) mass is 742 g/mol. The molecular weight excluding hydrogens is 700 g/mol. The molecule has 2 aliphatic rings. The van der Waals surface area contributed by atoms with E-state index in [1.807, 2.05) is 6.92 Å². The van der Waals surface area contributed by atoms with Crippen molar-refractivity contribution < 1.29 is 62.9 Å². The zero-order chi connectivity index (χ0) is 38.9. The minimum atomic E-state index is -1.86. The maximum Gasteiger partial charge on any atom is 0.340 e. The van der Waals surface area contributed by atoms with E-state index in [9.17, 15) is 29.4 Å². The number of ether oxygens (including phenoxy) is 6. The van der Waals surface area contributed by atoms with Gasteiger partial charge in [0, 0.05) is 0 Å². The molecule has 8 atom stereocenters. The Morgan fingerprint density at radius 1 is 0.611 bits per heavy atom. The van der Waals surface area contributed by atoms with Crippen molar-refractivity contribution in [2.75, 3.05) is 6.61 Å². The van der Waals surface area contributed by atoms with Crippen molar-refractivity contribution >= 4 is 23.9 Å². The summed E-state index contributed by atoms with van der Waals surface area (Å²) >= 11 is 0. The van der Waals surface area contributed by atoms with Crippen LogP contribution in [0.3, 0.4) is 0 Å². The SMILES string of the molecule is CC[C@H]1OC(O)[C@](C)(O)[C@@H]1O.C[C@]1(OC(=O)c2ccccc2)[C@@H](OC(=O)c2ccccc2)O[C@H](COC(=O)c2ccccc2)[C@H]1OC(=O)c1ccccc1. The molecule has 54 heavy (non-hydrogen) atoms. The van der Waals surface area contributed by atoms with Crippen LogP contribution in [0, 0.1) is 0 Å². The van der Waals surface area contributed by atoms with E-state index < -0.39 is 78.7 Å². The van der Waals surface area contributed by atoms with Gasteiger partial charge in [-0.15, -0.1) is 0 Å². The first-order valence-corrected chi connectivity index (χ1v) is 17.3. The standard InChI is InChI=1S/C34H28O9.C7H14O4/c1-34(43-32(38)26-20-12-5-13-21-26)28(41-30(36)24-16-8-3-9-17-24)27(22-39-29(35)23-14-6-2-7-15-23)40-33(34)42-31(37)25-18-10-4-11-19-25;1-3-4-5(8)7(2,10)6(9)11-4/h2-21,27-28,33H,22H2,1H3;4-6,8-10H,3H2,1-2H3/t27-,28-,33-,34-;4-,5-,6?,7-/m11/s1. The molecule has 6 rings (SSSR count). The molecule has 2 aliphatic heterocycles. The summed E-state index contributed by atoms with van der Waals surface area (Å²) in [5.74, 6) is -2.92. The Morgan fingerprint density at radius 3 is 1.44 bits per heavy atom. The molecule has 0 bridgehead atoms. The van der Waals surface area contributed by atoms with Crippen molar-refractivity contribution in [2.45, 2.75) is 75.4 Å². The number of benzene rings is 4. The van der Waals surface area contributed by atoms with Crippen LogP contribution >= 0.6 is 0 Å². The molecule has 13 nitrogen and oxygen atoms in total. The summed E-state index contributed by atoms with van der Waals surface area (Å²) in [4.78, 5) is 52.5. The quantitative estimate of drug-likeness (QED) is 0.153. The molecule has 0 aromatic heterocycles. The van der Waals surface area contributed by atoms with Gasteiger partial charge in [0.2, 0.25) is 11.9 Å². The predicted molar refractivity (Wildman–Crippen MR) is 191 cm³/mol. The predicted octanol–water partition coefficient (Wildman–Crippen LogP) is 4.49. The molecule has 3 N–H and O–H groups in total. The summed E-state index contributed by atoms with van der Waals surface area (Å²) in [7, 11) is 0. The van der Waals surface area contributed by atoms with Gasteiger partial charge in [0.15, 0.2) is 12.4 Å². The zero-order valence-electron chi connectivity index (χ0n) is 29.8. The molecule has 284 valence electrons. The van der Waals surface area contributed by atoms with Gasteiger partial charge in [-0.05, 0) is 68.8 Å². The summed E-state index contributed by atoms with van der Waals surface area (Å²) in [5, 5.41) is 27.9. The highest BCUT2D eigenvalue weighted by Gasteiger charge is 2.61. The largest absolute Gasteiger partial charge is 0.459 e. The van der Waals surface area contributed by atoms with Gasteiger partial charge in [0.1, 0.15) is 24.4 Å². The first kappa shape index (κ1) is 39.8. The molecule has 0 saturated carbocycles. The highest BCUT2D eigenvalue weighted by Crippen LogP contribution is 2.39. The van der Waals surface area contributed by atoms with Crippen LogP contribution in [0.1, 0.15) is 68.6 Å². The lowest BCUT2D eigenvalue weighted by atomic mass is 9.96. The second-order valence-electron chi connectivity index (χ2n) is 13.0. The van der Waals surface area contributed by atoms with Crippen LogP contribution in [-0.4, -0.2) is 94.0 Å². The Morgan fingerprint density at radius 2 is 1.04 bits per heavy atom. The third-order valence-electron chi connectivity index (χ3n) is 9.00. The van der Waals surface area contributed by atoms with Gasteiger partial charge in [-0.1, -0.05) is 79.7 Å². The molecule has 2 fully saturated rings. The third-order valence-corrected chi connectivity index (χ3v) is 9.00. The fourth-order valence-electron chi connectivity index (χ4n) is 5.80. The second kappa shape index (κ2) is 17.6. The first-order valence-electron chi connectivity index (χ1n) is 17.3. The van der Waals surface area contributed by atoms with E-state index in [1.54, 1.807) is 121 Å². The van der Waals surface area contributed by atoms with E-state index in [4.69, 9.17) is 33.5 Å². The van der Waals surface area contributed by atoms with E-state index in [0.717, 1.165) is 0 Å². The van der Waals surface area contributed by atoms with E-state index >= 15 is 0 Å². The number of esters is 4. The van der Waals surface area contributed by atoms with Crippen LogP contribution in [-0.2, 0) is 28.4 Å². The van der Waals surface area contributed by atoms with E-state index in [0.29, 0.717) is 12.0 Å². The van der Waals surface area contributed by atoms with Gasteiger partial charge >= 0.3 is 23.9 Å². The van der Waals surface area contributed by atoms with Gasteiger partial charge in [0.25, 0.3) is 0 Å². The van der Waals surface area contributed by atoms with Crippen LogP contribution in [0.25, 0.3) is 0 Å². The fourth-order valence-corrected chi connectivity index (χ4v) is 5.80. The van der Waals surface area contributed by atoms with E-state index in [-0.39, 0.29) is 16.7 Å². The van der Waals surface area contributed by atoms with Gasteiger partial charge in [-0.3, -0.25) is 0 Å². The molecule has 2 saturated heterocycles. The van der Waals surface area contributed by atoms with Crippen molar-refractivity contribution in [3.05, 3.63) is 144 Å². The van der Waals surface area contributed by atoms with Gasteiger partial charge in [-0.25, -0.2) is 19.2 Å². The zero-order valence-corrected chi connectivity index (χ0v) is 29.8. The van der Waals surface area contributed by atoms with Crippen LogP contribution in [0.15, 0.2) is 121 Å². The van der Waals surface area contributed by atoms with Crippen LogP contribution in [0.2, 0.25) is 0 Å². The molecule has 0 radical (unpaired) electrons. The molecule has 4 aromatic rings. The third kappa shape index (κ3) is 9.19. The maximum atomic E-state index is 13.3. The molecule has 1 unspecified atom stereocenters. The van der Waals surface area contributed by atoms with E-state index in [2.05, 4.69) is 0 Å². The molecular formula is C41H42O13. The van der Waals surface area contributed by atoms with E-state index in [1.165, 1.54) is 13.8 Å². The topological polar surface area (TPSA) is 184 Å². The number of rotatable bonds is 10. The molecule has 2 heterocycles. The molecule has 0 amide bonds. The fraction of sp³-hybridized carbons (Fsp3) is 0.317. The van der Waals surface area contributed by atoms with Crippen molar-refractivity contribution in [1.82, 2.24) is 0 Å². The second-order valence-corrected chi connectivity index (χ2v) is 13.0. The number of hydrogen-bond donors (Lipinski definition) is 3. The normalized spacial score (nSPS) is 27.1. The minimum absolute atomic E-state index is 0.212. The highest BCUT2D eigenvalue weighted by atomic mass is 16.8. The van der Waals surface area contributed by atoms with Crippen molar-refractivity contribution in [1.29, 1.82) is 0 Å². The Labute approximate surface area is 312 Å². The molecule has 13 heteroatoms. The van der Waals surface area contributed by atoms with Gasteiger partial charge in [0.05, 0.1) is 28.4 Å². The lowest BCUT2D eigenvalue weighted by Crippen LogP contribution is -2.53. The average Bonchev–Trinajstić information content (AvgIpc) is 3.56. The minimum Gasteiger partial charge on any atom is -0.459 e. The Balaban J connectivity index is 0.000000438. The van der Waals surface area contributed by atoms with Crippen LogP contribution in [0.4, 0.5) is 0 Å². The first-order chi connectivity index (χ1) is 25.8. The summed E-state index contributed by atoms with van der Waals surface area (Å²) < 4.78 is 34.0. The number of carbonyl (C=O) groups is 4. The van der Waals surface area contributed by atoms with Crippen molar-refractivity contribution in [2.24, 2.45) is 0 Å². The maximum absolute atomic E-state index is 13.3. The van der Waals surface area contributed by atoms with Crippen LogP contribution in [0.5, 0.6) is 0 Å². The number of aliphatic hydroxyl groups is 3. The number of hydrogen-bond acceptors (Lipinski definition) is 13. The van der Waals surface area contributed by atoms with Crippen LogP contribution < -0.4 is 0 Å². The van der Waals surface area contributed by atoms with Gasteiger partial charge in [-0.2, -0.15) is 0 Å². The smallest absolute Gasteiger partial charge is 0.340 e. The summed E-state index contributed by atoms with van der Waals surface area (Å²) in [6.07, 6.45) is -6.23. The summed E-state index contributed by atoms with van der Waals surface area (Å²) in [5.41, 5.74) is -2.43. The summed E-state index contributed by atoms with van der Waals surface area (Å²) in [6, 6.07) is 32.8. The van der Waals surface area contributed by atoms with Crippen molar-refractivity contribution in [3.8, 4) is 0 Å². The summed E-state index contributed by atoms with van der Waals surface area (Å²) in [6.45, 7) is 4.22. The number of aliphatic hydroxyl groups excluding tert-OH is 2. The highest BCUT2D eigenvalue weighted by molar-refractivity contribution is 5.92. The van der Waals surface area contributed by atoms with Crippen molar-refractivity contribution in [3.63, 3.8) is 0 Å². The average molecular weight is 743 g/mol. The Bertz CT molecular complexity index is 1850.